The van der Waals surface area contributed by atoms with Gasteiger partial charge in [-0.05, 0) is 42.1 Å². The van der Waals surface area contributed by atoms with Gasteiger partial charge in [0, 0.05) is 19.0 Å². The van der Waals surface area contributed by atoms with Crippen molar-refractivity contribution in [3.63, 3.8) is 0 Å². The van der Waals surface area contributed by atoms with Gasteiger partial charge in [-0.25, -0.2) is 9.78 Å². The summed E-state index contributed by atoms with van der Waals surface area (Å²) < 4.78 is 13.4. The highest BCUT2D eigenvalue weighted by Gasteiger charge is 2.24. The zero-order valence-electron chi connectivity index (χ0n) is 18.0. The van der Waals surface area contributed by atoms with Gasteiger partial charge in [-0.1, -0.05) is 18.2 Å². The Morgan fingerprint density at radius 1 is 1.12 bits per heavy atom. The first-order valence-corrected chi connectivity index (χ1v) is 11.0. The maximum absolute atomic E-state index is 12.3. The van der Waals surface area contributed by atoms with E-state index in [4.69, 9.17) is 9.15 Å². The molecule has 1 atom stereocenters. The number of para-hydroxylation sites is 1. The first-order chi connectivity index (χ1) is 16.6. The number of benzene rings is 1. The van der Waals surface area contributed by atoms with Gasteiger partial charge in [0.1, 0.15) is 0 Å². The van der Waals surface area contributed by atoms with Gasteiger partial charge < -0.3 is 24.4 Å². The Hall–Kier alpha value is -4.25. The van der Waals surface area contributed by atoms with E-state index in [-0.39, 0.29) is 35.8 Å². The number of anilines is 1. The lowest BCUT2D eigenvalue weighted by molar-refractivity contribution is -0.118. The number of carbonyl (C=O) groups is 1. The van der Waals surface area contributed by atoms with Crippen molar-refractivity contribution in [1.29, 1.82) is 0 Å². The van der Waals surface area contributed by atoms with E-state index in [1.54, 1.807) is 18.2 Å². The third-order valence-electron chi connectivity index (χ3n) is 6.01. The van der Waals surface area contributed by atoms with Crippen LogP contribution in [0.4, 0.5) is 5.82 Å². The largest absolute Gasteiger partial charge is 0.480 e. The Morgan fingerprint density at radius 2 is 2.03 bits per heavy atom. The van der Waals surface area contributed by atoms with E-state index < -0.39 is 5.76 Å². The number of nitrogens with zero attached hydrogens (tertiary/aromatic N) is 4. The van der Waals surface area contributed by atoms with E-state index >= 15 is 0 Å². The van der Waals surface area contributed by atoms with Gasteiger partial charge in [0.25, 0.3) is 11.5 Å². The lowest BCUT2D eigenvalue weighted by atomic mass is 10.1. The second-order valence-corrected chi connectivity index (χ2v) is 8.20. The summed E-state index contributed by atoms with van der Waals surface area (Å²) in [6.45, 7) is 1.17. The molecule has 2 aliphatic heterocycles. The topological polar surface area (TPSA) is 133 Å². The van der Waals surface area contributed by atoms with Crippen molar-refractivity contribution >= 4 is 22.6 Å². The standard InChI is InChI=1S/C23H20N6O5/c30-18-12-33-16-7-8-17(25-22(16)26-18)29-23(32)34-19(27-29)5-2-10-24-15-11-28-20(31)9-6-13-3-1-4-14(15)21(13)28/h1,3-4,6-9,15,24H,2,5,10-12H2,(H,25,26,30)/t15-/m1/s1. The number of aromatic nitrogens is 4. The molecular weight excluding hydrogens is 440 g/mol. The zero-order chi connectivity index (χ0) is 23.2. The van der Waals surface area contributed by atoms with Crippen molar-refractivity contribution < 1.29 is 13.9 Å². The first kappa shape index (κ1) is 20.4. The molecule has 172 valence electrons. The van der Waals surface area contributed by atoms with Crippen molar-refractivity contribution in [2.24, 2.45) is 0 Å². The monoisotopic (exact) mass is 460 g/mol. The molecule has 4 aromatic rings. The predicted octanol–water partition coefficient (Wildman–Crippen LogP) is 1.14. The van der Waals surface area contributed by atoms with E-state index in [0.29, 0.717) is 37.6 Å². The number of fused-ring (bicyclic) bond motifs is 1. The van der Waals surface area contributed by atoms with Crippen molar-refractivity contribution in [3.05, 3.63) is 74.8 Å². The molecule has 0 aliphatic carbocycles. The van der Waals surface area contributed by atoms with Gasteiger partial charge in [0.15, 0.2) is 24.0 Å². The van der Waals surface area contributed by atoms with Crippen LogP contribution < -0.4 is 26.7 Å². The number of ether oxygens (including phenoxy) is 1. The SMILES string of the molecule is O=C1COc2ccc(-n3nc(CCCN[C@@H]4Cn5c(=O)ccc6cccc4c65)oc3=O)nc2N1. The molecule has 11 nitrogen and oxygen atoms in total. The minimum Gasteiger partial charge on any atom is -0.480 e. The summed E-state index contributed by atoms with van der Waals surface area (Å²) >= 11 is 0. The molecule has 0 saturated heterocycles. The molecule has 3 aromatic heterocycles. The van der Waals surface area contributed by atoms with Crippen LogP contribution in [0.1, 0.15) is 23.9 Å². The van der Waals surface area contributed by atoms with Crippen LogP contribution in [0, 0.1) is 0 Å². The van der Waals surface area contributed by atoms with E-state index in [1.807, 2.05) is 28.8 Å². The number of pyridine rings is 2. The van der Waals surface area contributed by atoms with Crippen molar-refractivity contribution in [1.82, 2.24) is 24.6 Å². The average Bonchev–Trinajstić information content (AvgIpc) is 3.40. The average molecular weight is 460 g/mol. The summed E-state index contributed by atoms with van der Waals surface area (Å²) in [5.41, 5.74) is 2.09. The first-order valence-electron chi connectivity index (χ1n) is 11.0. The fourth-order valence-corrected chi connectivity index (χ4v) is 4.46. The lowest BCUT2D eigenvalue weighted by Crippen LogP contribution is -2.27. The van der Waals surface area contributed by atoms with Crippen molar-refractivity contribution in [3.8, 4) is 11.6 Å². The summed E-state index contributed by atoms with van der Waals surface area (Å²) in [6, 6.07) is 12.7. The number of nitrogens with one attached hydrogen (secondary N) is 2. The summed E-state index contributed by atoms with van der Waals surface area (Å²) in [5.74, 6) is 0.212. The van der Waals surface area contributed by atoms with Crippen LogP contribution in [-0.2, 0) is 17.8 Å². The highest BCUT2D eigenvalue weighted by atomic mass is 16.5. The van der Waals surface area contributed by atoms with Crippen LogP contribution >= 0.6 is 0 Å². The minimum absolute atomic E-state index is 0.00141. The highest BCUT2D eigenvalue weighted by Crippen LogP contribution is 2.30. The Bertz CT molecular complexity index is 1550. The van der Waals surface area contributed by atoms with Crippen LogP contribution in [0.25, 0.3) is 16.7 Å². The summed E-state index contributed by atoms with van der Waals surface area (Å²) in [6.07, 6.45) is 1.13. The molecule has 1 aromatic carbocycles. The molecule has 0 unspecified atom stereocenters. The van der Waals surface area contributed by atoms with Gasteiger partial charge in [0.2, 0.25) is 5.89 Å². The number of carbonyl (C=O) groups excluding carboxylic acids is 1. The third kappa shape index (κ3) is 3.46. The second-order valence-electron chi connectivity index (χ2n) is 8.20. The smallest absolute Gasteiger partial charge is 0.443 e. The highest BCUT2D eigenvalue weighted by molar-refractivity contribution is 5.94. The molecule has 0 bridgehead atoms. The van der Waals surface area contributed by atoms with Crippen LogP contribution in [-0.4, -0.2) is 38.4 Å². The lowest BCUT2D eigenvalue weighted by Gasteiger charge is -2.16. The minimum atomic E-state index is -0.657. The van der Waals surface area contributed by atoms with Crippen LogP contribution in [0.15, 0.2) is 56.5 Å². The summed E-state index contributed by atoms with van der Waals surface area (Å²) in [7, 11) is 0. The van der Waals surface area contributed by atoms with Gasteiger partial charge in [-0.15, -0.1) is 9.78 Å². The van der Waals surface area contributed by atoms with E-state index in [0.717, 1.165) is 21.1 Å². The van der Waals surface area contributed by atoms with E-state index in [9.17, 15) is 14.4 Å². The number of amides is 1. The maximum Gasteiger partial charge on any atom is 0.443 e. The van der Waals surface area contributed by atoms with Crippen LogP contribution in [0.3, 0.4) is 0 Å². The third-order valence-corrected chi connectivity index (χ3v) is 6.01. The summed E-state index contributed by atoms with van der Waals surface area (Å²) in [5, 5.41) is 11.4. The molecule has 5 heterocycles. The fourth-order valence-electron chi connectivity index (χ4n) is 4.46. The van der Waals surface area contributed by atoms with Gasteiger partial charge in [-0.3, -0.25) is 9.59 Å². The molecule has 34 heavy (non-hydrogen) atoms. The van der Waals surface area contributed by atoms with Crippen molar-refractivity contribution in [2.45, 2.75) is 25.4 Å². The molecule has 0 fully saturated rings. The Labute approximate surface area is 192 Å². The molecule has 0 spiro atoms. The molecule has 6 rings (SSSR count). The van der Waals surface area contributed by atoms with Crippen LogP contribution in [0.5, 0.6) is 5.75 Å². The molecule has 0 saturated carbocycles. The van der Waals surface area contributed by atoms with E-state index in [1.165, 1.54) is 0 Å². The Kier molecular flexibility index (Phi) is 4.77. The molecule has 1 amide bonds. The van der Waals surface area contributed by atoms with Gasteiger partial charge in [0.05, 0.1) is 11.6 Å². The normalized spacial score (nSPS) is 16.4. The number of hydrogen-bond acceptors (Lipinski definition) is 8. The van der Waals surface area contributed by atoms with Crippen LogP contribution in [0.2, 0.25) is 0 Å². The fraction of sp³-hybridized carbons (Fsp3) is 0.261. The summed E-state index contributed by atoms with van der Waals surface area (Å²) in [4.78, 5) is 40.3. The number of hydrogen-bond donors (Lipinski definition) is 2. The molecular formula is C23H20N6O5. The zero-order valence-corrected chi connectivity index (χ0v) is 18.0. The number of aryl methyl sites for hydroxylation is 1. The quantitative estimate of drug-likeness (QED) is 0.409. The predicted molar refractivity (Wildman–Crippen MR) is 121 cm³/mol. The molecule has 2 aliphatic rings. The molecule has 0 radical (unpaired) electrons. The Morgan fingerprint density at radius 3 is 2.94 bits per heavy atom. The molecule has 11 heteroatoms. The molecule has 2 N–H and O–H groups in total. The van der Waals surface area contributed by atoms with Gasteiger partial charge >= 0.3 is 5.76 Å². The Balaban J connectivity index is 1.11. The van der Waals surface area contributed by atoms with Crippen molar-refractivity contribution in [2.75, 3.05) is 18.5 Å². The maximum atomic E-state index is 12.3. The van der Waals surface area contributed by atoms with E-state index in [2.05, 4.69) is 20.7 Å². The van der Waals surface area contributed by atoms with Gasteiger partial charge in [-0.2, -0.15) is 0 Å². The number of rotatable bonds is 6. The second kappa shape index (κ2) is 7.96.